The van der Waals surface area contributed by atoms with Crippen LogP contribution in [0.25, 0.3) is 11.0 Å². The van der Waals surface area contributed by atoms with Gasteiger partial charge in [-0.3, -0.25) is 0 Å². The Morgan fingerprint density at radius 3 is 2.41 bits per heavy atom. The Hall–Kier alpha value is -4.48. The lowest BCUT2D eigenvalue weighted by Gasteiger charge is -2.19. The summed E-state index contributed by atoms with van der Waals surface area (Å²) in [6.07, 6.45) is 3.07. The number of hydrogen-bond donors (Lipinski definition) is 3. The molecule has 10 nitrogen and oxygen atoms in total. The maximum atomic E-state index is 11.7. The molecule has 11 heteroatoms. The molecule has 0 saturated carbocycles. The number of imidazole rings is 1. The van der Waals surface area contributed by atoms with Crippen LogP contribution in [0.2, 0.25) is 0 Å². The van der Waals surface area contributed by atoms with Crippen LogP contribution in [0, 0.1) is 0 Å². The van der Waals surface area contributed by atoms with Crippen molar-refractivity contribution < 1.29 is 8.42 Å². The normalized spacial score (nSPS) is 11.5. The van der Waals surface area contributed by atoms with Crippen LogP contribution in [0.1, 0.15) is 11.1 Å². The van der Waals surface area contributed by atoms with Crippen molar-refractivity contribution in [3.05, 3.63) is 96.2 Å². The van der Waals surface area contributed by atoms with Crippen LogP contribution in [0.15, 0.2) is 85.1 Å². The first-order chi connectivity index (χ1) is 19.8. The molecule has 0 unspecified atom stereocenters. The summed E-state index contributed by atoms with van der Waals surface area (Å²) in [6.45, 7) is 0.797. The Morgan fingerprint density at radius 2 is 1.66 bits per heavy atom. The van der Waals surface area contributed by atoms with Gasteiger partial charge in [0.2, 0.25) is 21.9 Å². The number of hydrogen-bond acceptors (Lipinski definition) is 8. The van der Waals surface area contributed by atoms with Gasteiger partial charge in [0.1, 0.15) is 5.82 Å². The molecule has 0 amide bonds. The van der Waals surface area contributed by atoms with Gasteiger partial charge in [0.05, 0.1) is 16.8 Å². The van der Waals surface area contributed by atoms with E-state index in [0.29, 0.717) is 12.4 Å². The van der Waals surface area contributed by atoms with Crippen molar-refractivity contribution in [3.63, 3.8) is 0 Å². The maximum absolute atomic E-state index is 11.7. The zero-order valence-electron chi connectivity index (χ0n) is 23.4. The van der Waals surface area contributed by atoms with Gasteiger partial charge in [-0.25, -0.2) is 23.1 Å². The maximum Gasteiger partial charge on any atom is 0.229 e. The van der Waals surface area contributed by atoms with Gasteiger partial charge in [0, 0.05) is 38.2 Å². The molecule has 0 atom stereocenters. The minimum Gasteiger partial charge on any atom is -0.355 e. The number of nitrogens with zero attached hydrogens (tertiary/aromatic N) is 5. The zero-order valence-corrected chi connectivity index (χ0v) is 24.2. The Balaban J connectivity index is 1.25. The van der Waals surface area contributed by atoms with E-state index >= 15 is 0 Å². The summed E-state index contributed by atoms with van der Waals surface area (Å²) in [5.74, 6) is 2.07. The van der Waals surface area contributed by atoms with Crippen LogP contribution in [0.4, 0.5) is 29.1 Å². The van der Waals surface area contributed by atoms with E-state index in [1.54, 1.807) is 6.20 Å². The number of aromatic nitrogens is 4. The van der Waals surface area contributed by atoms with Crippen molar-refractivity contribution in [1.82, 2.24) is 24.2 Å². The molecule has 0 radical (unpaired) electrons. The average molecular weight is 571 g/mol. The number of sulfonamides is 1. The Bertz CT molecular complexity index is 1720. The predicted molar refractivity (Wildman–Crippen MR) is 166 cm³/mol. The molecule has 0 aliphatic heterocycles. The van der Waals surface area contributed by atoms with Crippen molar-refractivity contribution in [2.45, 2.75) is 12.8 Å². The van der Waals surface area contributed by atoms with Crippen LogP contribution in [-0.2, 0) is 29.9 Å². The first-order valence-corrected chi connectivity index (χ1v) is 15.0. The fourth-order valence-corrected chi connectivity index (χ4v) is 5.19. The summed E-state index contributed by atoms with van der Waals surface area (Å²) < 4.78 is 27.8. The van der Waals surface area contributed by atoms with Gasteiger partial charge in [0.25, 0.3) is 0 Å². The first-order valence-electron chi connectivity index (χ1n) is 13.4. The lowest BCUT2D eigenvalue weighted by atomic mass is 10.1. The van der Waals surface area contributed by atoms with E-state index in [2.05, 4.69) is 67.4 Å². The fourth-order valence-electron chi connectivity index (χ4n) is 4.48. The highest BCUT2D eigenvalue weighted by Gasteiger charge is 2.13. The molecule has 0 aliphatic carbocycles. The molecular formula is C30H34N8O2S. The molecule has 0 aliphatic rings. The third-order valence-corrected chi connectivity index (χ3v) is 8.32. The molecule has 2 heterocycles. The largest absolute Gasteiger partial charge is 0.355 e. The molecular weight excluding hydrogens is 536 g/mol. The van der Waals surface area contributed by atoms with E-state index in [9.17, 15) is 8.42 Å². The predicted octanol–water partition coefficient (Wildman–Crippen LogP) is 4.62. The Kier molecular flexibility index (Phi) is 8.46. The van der Waals surface area contributed by atoms with Gasteiger partial charge in [-0.1, -0.05) is 42.5 Å². The SMILES string of the molecule is CNS(=O)(=O)CCc1ccc(Nc2nccc(N(C)c3ccc4c(c3)nc(NCCc3ccccc3)n4C)n2)cc1. The third kappa shape index (κ3) is 7.00. The van der Waals surface area contributed by atoms with Crippen LogP contribution in [0.5, 0.6) is 0 Å². The van der Waals surface area contributed by atoms with E-state index < -0.39 is 10.0 Å². The van der Waals surface area contributed by atoms with Gasteiger partial charge in [-0.2, -0.15) is 4.98 Å². The highest BCUT2D eigenvalue weighted by atomic mass is 32.2. The molecule has 3 N–H and O–H groups in total. The van der Waals surface area contributed by atoms with Crippen molar-refractivity contribution in [2.75, 3.05) is 41.9 Å². The highest BCUT2D eigenvalue weighted by Crippen LogP contribution is 2.28. The minimum absolute atomic E-state index is 0.0458. The molecule has 0 saturated heterocycles. The fraction of sp³-hybridized carbons (Fsp3) is 0.233. The van der Waals surface area contributed by atoms with Crippen LogP contribution >= 0.6 is 0 Å². The summed E-state index contributed by atoms with van der Waals surface area (Å²) >= 11 is 0. The Morgan fingerprint density at radius 1 is 0.902 bits per heavy atom. The molecule has 0 bridgehead atoms. The first kappa shape index (κ1) is 28.1. The third-order valence-electron chi connectivity index (χ3n) is 6.96. The number of fused-ring (bicyclic) bond motifs is 1. The summed E-state index contributed by atoms with van der Waals surface area (Å²) in [5, 5.41) is 6.69. The average Bonchev–Trinajstić information content (AvgIpc) is 3.31. The molecule has 212 valence electrons. The van der Waals surface area contributed by atoms with Crippen molar-refractivity contribution in [3.8, 4) is 0 Å². The molecule has 5 rings (SSSR count). The summed E-state index contributed by atoms with van der Waals surface area (Å²) in [6, 6.07) is 26.0. The van der Waals surface area contributed by atoms with E-state index in [0.717, 1.165) is 52.7 Å². The van der Waals surface area contributed by atoms with E-state index in [1.165, 1.54) is 12.6 Å². The van der Waals surface area contributed by atoms with Crippen LogP contribution in [0.3, 0.4) is 0 Å². The molecule has 5 aromatic rings. The summed E-state index contributed by atoms with van der Waals surface area (Å²) in [4.78, 5) is 15.9. The number of anilines is 5. The zero-order chi connectivity index (χ0) is 28.8. The van der Waals surface area contributed by atoms with Gasteiger partial charge < -0.3 is 20.1 Å². The molecule has 0 spiro atoms. The number of nitrogens with one attached hydrogen (secondary N) is 3. The van der Waals surface area contributed by atoms with E-state index in [-0.39, 0.29) is 5.75 Å². The molecule has 3 aromatic carbocycles. The molecule has 2 aromatic heterocycles. The minimum atomic E-state index is -3.24. The second-order valence-corrected chi connectivity index (χ2v) is 11.8. The topological polar surface area (TPSA) is 117 Å². The van der Waals surface area contributed by atoms with Crippen molar-refractivity contribution in [2.24, 2.45) is 7.05 Å². The van der Waals surface area contributed by atoms with Crippen molar-refractivity contribution in [1.29, 1.82) is 0 Å². The van der Waals surface area contributed by atoms with Crippen LogP contribution in [-0.4, -0.2) is 54.3 Å². The highest BCUT2D eigenvalue weighted by molar-refractivity contribution is 7.89. The smallest absolute Gasteiger partial charge is 0.229 e. The van der Waals surface area contributed by atoms with Crippen molar-refractivity contribution >= 4 is 50.1 Å². The Labute approximate surface area is 240 Å². The monoisotopic (exact) mass is 570 g/mol. The number of benzene rings is 3. The standard InChI is InChI=1S/C30H34N8O2S/c1-31-41(39,40)20-17-23-9-11-24(12-10-23)34-29-32-19-16-28(36-29)37(2)25-13-14-27-26(21-25)35-30(38(27)3)33-18-15-22-7-5-4-6-8-22/h4-14,16,19,21,31H,15,17-18,20H2,1-3H3,(H,33,35)(H,32,34,36). The number of rotatable bonds is 12. The quantitative estimate of drug-likeness (QED) is 0.199. The van der Waals surface area contributed by atoms with Crippen LogP contribution < -0.4 is 20.3 Å². The van der Waals surface area contributed by atoms with E-state index in [4.69, 9.17) is 9.97 Å². The van der Waals surface area contributed by atoms with Gasteiger partial charge >= 0.3 is 0 Å². The molecule has 0 fully saturated rings. The molecule has 41 heavy (non-hydrogen) atoms. The summed E-state index contributed by atoms with van der Waals surface area (Å²) in [5.41, 5.74) is 5.93. The summed E-state index contributed by atoms with van der Waals surface area (Å²) in [7, 11) is 2.16. The van der Waals surface area contributed by atoms with Gasteiger partial charge in [-0.15, -0.1) is 0 Å². The lowest BCUT2D eigenvalue weighted by Crippen LogP contribution is -2.23. The number of aryl methyl sites for hydroxylation is 2. The van der Waals surface area contributed by atoms with Gasteiger partial charge in [-0.05, 0) is 67.4 Å². The van der Waals surface area contributed by atoms with E-state index in [1.807, 2.05) is 55.4 Å². The van der Waals surface area contributed by atoms with Gasteiger partial charge in [0.15, 0.2) is 0 Å². The second kappa shape index (κ2) is 12.4. The lowest BCUT2D eigenvalue weighted by molar-refractivity contribution is 0.587. The second-order valence-electron chi connectivity index (χ2n) is 9.72.